The van der Waals surface area contributed by atoms with Gasteiger partial charge in [-0.15, -0.1) is 0 Å². The molecule has 0 aliphatic carbocycles. The SMILES string of the molecule is C=C(C)C(=O)NC(=O)/C=C\C(=O)O.C=C(C)C(=O)NC(C)=O. The Labute approximate surface area is 127 Å². The maximum Gasteiger partial charge on any atom is 0.328 e. The van der Waals surface area contributed by atoms with Crippen LogP contribution in [0.4, 0.5) is 0 Å². The van der Waals surface area contributed by atoms with Crippen LogP contribution in [0.5, 0.6) is 0 Å². The minimum absolute atomic E-state index is 0.178. The lowest BCUT2D eigenvalue weighted by atomic mass is 10.3. The first kappa shape index (κ1) is 21.3. The van der Waals surface area contributed by atoms with Gasteiger partial charge in [0.05, 0.1) is 0 Å². The fourth-order valence-electron chi connectivity index (χ4n) is 0.674. The maximum absolute atomic E-state index is 10.8. The predicted octanol–water partition coefficient (Wildman–Crippen LogP) is 0.0713. The van der Waals surface area contributed by atoms with Crippen LogP contribution in [0.25, 0.3) is 0 Å². The Morgan fingerprint density at radius 1 is 0.818 bits per heavy atom. The van der Waals surface area contributed by atoms with E-state index in [1.807, 2.05) is 5.32 Å². The van der Waals surface area contributed by atoms with E-state index in [9.17, 15) is 24.0 Å². The van der Waals surface area contributed by atoms with Crippen LogP contribution in [0.1, 0.15) is 20.8 Å². The number of carboxylic acid groups (broad SMARTS) is 1. The van der Waals surface area contributed by atoms with Gasteiger partial charge in [-0.1, -0.05) is 13.2 Å². The molecule has 0 rings (SSSR count). The fraction of sp³-hybridized carbons (Fsp3) is 0.214. The molecule has 0 saturated carbocycles. The average molecular weight is 310 g/mol. The second-order valence-corrected chi connectivity index (χ2v) is 4.06. The summed E-state index contributed by atoms with van der Waals surface area (Å²) in [5, 5.41) is 12.1. The summed E-state index contributed by atoms with van der Waals surface area (Å²) < 4.78 is 0. The van der Waals surface area contributed by atoms with Gasteiger partial charge in [0.2, 0.25) is 5.91 Å². The molecular weight excluding hydrogens is 292 g/mol. The van der Waals surface area contributed by atoms with Gasteiger partial charge in [-0.3, -0.25) is 29.8 Å². The molecular formula is C14H18N2O6. The summed E-state index contributed by atoms with van der Waals surface area (Å²) in [6.45, 7) is 10.9. The second kappa shape index (κ2) is 10.7. The molecule has 8 heteroatoms. The van der Waals surface area contributed by atoms with E-state index in [4.69, 9.17) is 5.11 Å². The number of nitrogens with one attached hydrogen (secondary N) is 2. The van der Waals surface area contributed by atoms with E-state index in [1.54, 1.807) is 0 Å². The largest absolute Gasteiger partial charge is 0.478 e. The molecule has 0 heterocycles. The molecule has 0 aromatic heterocycles. The van der Waals surface area contributed by atoms with Crippen molar-refractivity contribution >= 4 is 29.6 Å². The Kier molecular flexibility index (Phi) is 10.4. The number of rotatable bonds is 4. The highest BCUT2D eigenvalue weighted by Crippen LogP contribution is 1.85. The number of carboxylic acids is 1. The van der Waals surface area contributed by atoms with E-state index in [1.165, 1.54) is 20.8 Å². The quantitative estimate of drug-likeness (QED) is 0.630. The van der Waals surface area contributed by atoms with Gasteiger partial charge in [-0.25, -0.2) is 4.79 Å². The molecule has 0 aliphatic heterocycles. The normalized spacial score (nSPS) is 9.05. The summed E-state index contributed by atoms with van der Waals surface area (Å²) >= 11 is 0. The average Bonchev–Trinajstić information content (AvgIpc) is 2.36. The highest BCUT2D eigenvalue weighted by Gasteiger charge is 2.04. The molecule has 0 bridgehead atoms. The lowest BCUT2D eigenvalue weighted by molar-refractivity contribution is -0.132. The third-order valence-corrected chi connectivity index (χ3v) is 1.68. The van der Waals surface area contributed by atoms with Crippen molar-refractivity contribution in [2.45, 2.75) is 20.8 Å². The highest BCUT2D eigenvalue weighted by atomic mass is 16.4. The zero-order valence-electron chi connectivity index (χ0n) is 12.6. The summed E-state index contributed by atoms with van der Waals surface area (Å²) in [6.07, 6.45) is 1.39. The van der Waals surface area contributed by atoms with Crippen LogP contribution in [0.2, 0.25) is 0 Å². The molecule has 3 N–H and O–H groups in total. The molecule has 22 heavy (non-hydrogen) atoms. The van der Waals surface area contributed by atoms with E-state index in [2.05, 4.69) is 18.5 Å². The summed E-state index contributed by atoms with van der Waals surface area (Å²) in [7, 11) is 0. The van der Waals surface area contributed by atoms with Gasteiger partial charge in [0, 0.05) is 30.2 Å². The number of hydrogen-bond acceptors (Lipinski definition) is 5. The maximum atomic E-state index is 10.8. The molecule has 0 aromatic carbocycles. The summed E-state index contributed by atoms with van der Waals surface area (Å²) in [5.41, 5.74) is 0.516. The zero-order chi connectivity index (χ0) is 17.9. The Balaban J connectivity index is 0. The standard InChI is InChI=1S/C8H9NO4.C6H9NO2/c1-5(2)8(13)9-6(10)3-4-7(11)12;1-4(2)6(9)7-5(3)8/h3-4H,1H2,2H3,(H,11,12)(H,9,10,13);1H2,2-3H3,(H,7,8,9)/b4-3-;. The second-order valence-electron chi connectivity index (χ2n) is 4.06. The Morgan fingerprint density at radius 2 is 1.23 bits per heavy atom. The minimum atomic E-state index is -1.25. The van der Waals surface area contributed by atoms with E-state index in [0.29, 0.717) is 11.6 Å². The van der Waals surface area contributed by atoms with E-state index < -0.39 is 23.7 Å². The summed E-state index contributed by atoms with van der Waals surface area (Å²) in [5.74, 6) is -3.43. The molecule has 0 radical (unpaired) electrons. The van der Waals surface area contributed by atoms with Gasteiger partial charge >= 0.3 is 5.97 Å². The predicted molar refractivity (Wildman–Crippen MR) is 78.4 cm³/mol. The monoisotopic (exact) mass is 310 g/mol. The molecule has 0 spiro atoms. The Bertz CT molecular complexity index is 546. The van der Waals surface area contributed by atoms with Crippen LogP contribution in [0.15, 0.2) is 36.5 Å². The van der Waals surface area contributed by atoms with E-state index in [0.717, 1.165) is 6.08 Å². The number of aliphatic carboxylic acids is 1. The number of carbonyl (C=O) groups is 5. The third kappa shape index (κ3) is 13.4. The first-order chi connectivity index (χ1) is 9.97. The van der Waals surface area contributed by atoms with Crippen LogP contribution < -0.4 is 10.6 Å². The van der Waals surface area contributed by atoms with Crippen molar-refractivity contribution in [2.24, 2.45) is 0 Å². The van der Waals surface area contributed by atoms with E-state index in [-0.39, 0.29) is 11.5 Å². The van der Waals surface area contributed by atoms with Crippen molar-refractivity contribution in [1.29, 1.82) is 0 Å². The van der Waals surface area contributed by atoms with Crippen molar-refractivity contribution in [1.82, 2.24) is 10.6 Å². The molecule has 0 saturated heterocycles. The molecule has 120 valence electrons. The molecule has 0 atom stereocenters. The topological polar surface area (TPSA) is 130 Å². The van der Waals surface area contributed by atoms with Crippen LogP contribution in [-0.4, -0.2) is 34.7 Å². The minimum Gasteiger partial charge on any atom is -0.478 e. The van der Waals surface area contributed by atoms with Crippen molar-refractivity contribution in [3.05, 3.63) is 36.5 Å². The summed E-state index contributed by atoms with van der Waals surface area (Å²) in [6, 6.07) is 0. The number of carbonyl (C=O) groups excluding carboxylic acids is 4. The first-order valence-electron chi connectivity index (χ1n) is 5.86. The van der Waals surface area contributed by atoms with Gasteiger partial charge < -0.3 is 5.11 Å². The van der Waals surface area contributed by atoms with Gasteiger partial charge in [-0.05, 0) is 13.8 Å². The van der Waals surface area contributed by atoms with Crippen molar-refractivity contribution in [2.75, 3.05) is 0 Å². The van der Waals surface area contributed by atoms with Gasteiger partial charge in [0.25, 0.3) is 17.7 Å². The Hall–Kier alpha value is -3.03. The van der Waals surface area contributed by atoms with Crippen LogP contribution in [-0.2, 0) is 24.0 Å². The van der Waals surface area contributed by atoms with Crippen molar-refractivity contribution in [3.63, 3.8) is 0 Å². The van der Waals surface area contributed by atoms with Gasteiger partial charge in [0.15, 0.2) is 0 Å². The molecule has 4 amide bonds. The van der Waals surface area contributed by atoms with Crippen LogP contribution >= 0.6 is 0 Å². The smallest absolute Gasteiger partial charge is 0.328 e. The summed E-state index contributed by atoms with van der Waals surface area (Å²) in [4.78, 5) is 52.2. The molecule has 0 unspecified atom stereocenters. The van der Waals surface area contributed by atoms with E-state index >= 15 is 0 Å². The number of imide groups is 2. The third-order valence-electron chi connectivity index (χ3n) is 1.68. The lowest BCUT2D eigenvalue weighted by Gasteiger charge is -1.97. The first-order valence-corrected chi connectivity index (χ1v) is 5.86. The van der Waals surface area contributed by atoms with Gasteiger partial charge in [-0.2, -0.15) is 0 Å². The molecule has 0 aliphatic rings. The number of amides is 4. The van der Waals surface area contributed by atoms with Crippen molar-refractivity contribution in [3.8, 4) is 0 Å². The lowest BCUT2D eigenvalue weighted by Crippen LogP contribution is -2.29. The zero-order valence-corrected chi connectivity index (χ0v) is 12.6. The highest BCUT2D eigenvalue weighted by molar-refractivity contribution is 6.08. The number of hydrogen-bond donors (Lipinski definition) is 3. The van der Waals surface area contributed by atoms with Crippen LogP contribution in [0, 0.1) is 0 Å². The fourth-order valence-corrected chi connectivity index (χ4v) is 0.674. The molecule has 0 aromatic rings. The van der Waals surface area contributed by atoms with Gasteiger partial charge in [0.1, 0.15) is 0 Å². The Morgan fingerprint density at radius 3 is 1.50 bits per heavy atom. The molecule has 8 nitrogen and oxygen atoms in total. The van der Waals surface area contributed by atoms with Crippen molar-refractivity contribution < 1.29 is 29.1 Å². The molecule has 0 fully saturated rings. The van der Waals surface area contributed by atoms with Crippen LogP contribution in [0.3, 0.4) is 0 Å².